The number of rotatable bonds is 6. The van der Waals surface area contributed by atoms with Crippen molar-refractivity contribution in [2.75, 3.05) is 5.75 Å². The van der Waals surface area contributed by atoms with Gasteiger partial charge >= 0.3 is 0 Å². The molecule has 0 spiro atoms. The molecule has 0 amide bonds. The van der Waals surface area contributed by atoms with Crippen molar-refractivity contribution in [3.63, 3.8) is 0 Å². The predicted octanol–water partition coefficient (Wildman–Crippen LogP) is 2.41. The van der Waals surface area contributed by atoms with Gasteiger partial charge < -0.3 is 5.11 Å². The van der Waals surface area contributed by atoms with Crippen LogP contribution in [0.4, 0.5) is 5.69 Å². The van der Waals surface area contributed by atoms with Gasteiger partial charge in [-0.15, -0.1) is 0 Å². The summed E-state index contributed by atoms with van der Waals surface area (Å²) >= 11 is 6.13. The van der Waals surface area contributed by atoms with Crippen molar-refractivity contribution in [2.24, 2.45) is 0 Å². The van der Waals surface area contributed by atoms with E-state index in [1.54, 1.807) is 6.92 Å². The van der Waals surface area contributed by atoms with E-state index in [0.29, 0.717) is 0 Å². The van der Waals surface area contributed by atoms with E-state index in [4.69, 9.17) is 11.6 Å². The maximum absolute atomic E-state index is 12.0. The number of hydrogen-bond acceptors (Lipinski definition) is 5. The molecule has 6 nitrogen and oxygen atoms in total. The summed E-state index contributed by atoms with van der Waals surface area (Å²) in [5, 5.41) is 20.8. The molecule has 0 aliphatic heterocycles. The lowest BCUT2D eigenvalue weighted by Gasteiger charge is -2.30. The molecule has 1 aromatic carbocycles. The van der Waals surface area contributed by atoms with Crippen LogP contribution in [0, 0.1) is 10.1 Å². The first kappa shape index (κ1) is 16.9. The van der Waals surface area contributed by atoms with E-state index >= 15 is 0 Å². The molecule has 0 heterocycles. The number of hydrogen-bond donors (Lipinski definition) is 1. The van der Waals surface area contributed by atoms with Crippen LogP contribution in [0.2, 0.25) is 0 Å². The van der Waals surface area contributed by atoms with E-state index in [-0.39, 0.29) is 23.4 Å². The Bertz CT molecular complexity index is 586. The highest BCUT2D eigenvalue weighted by atomic mass is 35.5. The molecule has 1 aromatic rings. The van der Waals surface area contributed by atoms with Crippen LogP contribution in [-0.2, 0) is 9.84 Å². The lowest BCUT2D eigenvalue weighted by molar-refractivity contribution is -0.384. The Morgan fingerprint density at radius 2 is 1.85 bits per heavy atom. The molecule has 0 bridgehead atoms. The number of benzene rings is 1. The van der Waals surface area contributed by atoms with Gasteiger partial charge in [-0.2, -0.15) is 0 Å². The van der Waals surface area contributed by atoms with Gasteiger partial charge in [0.2, 0.25) is 0 Å². The van der Waals surface area contributed by atoms with Crippen LogP contribution < -0.4 is 0 Å². The summed E-state index contributed by atoms with van der Waals surface area (Å²) in [5.74, 6) is -0.200. The van der Waals surface area contributed by atoms with Crippen molar-refractivity contribution in [1.82, 2.24) is 0 Å². The van der Waals surface area contributed by atoms with Gasteiger partial charge in [0.05, 0.1) is 4.92 Å². The maximum Gasteiger partial charge on any atom is 0.269 e. The lowest BCUT2D eigenvalue weighted by Crippen LogP contribution is -2.39. The fourth-order valence-corrected chi connectivity index (χ4v) is 3.70. The SMILES string of the molecule is CC[C@@](Cl)([C@@H](O)c1ccc([N+](=O)[O-])cc1)S(=O)(=O)CC. The summed E-state index contributed by atoms with van der Waals surface area (Å²) < 4.78 is 22.2. The summed E-state index contributed by atoms with van der Waals surface area (Å²) in [4.78, 5) is 9.99. The Hall–Kier alpha value is -1.18. The largest absolute Gasteiger partial charge is 0.385 e. The second-order valence-electron chi connectivity index (χ2n) is 4.29. The first-order chi connectivity index (χ1) is 9.19. The summed E-state index contributed by atoms with van der Waals surface area (Å²) in [6.07, 6.45) is -1.44. The second kappa shape index (κ2) is 6.07. The fraction of sp³-hybridized carbons (Fsp3) is 0.500. The molecular formula is C12H16ClNO5S. The Kier molecular flexibility index (Phi) is 5.12. The number of nitro groups is 1. The van der Waals surface area contributed by atoms with Gasteiger partial charge in [-0.1, -0.05) is 25.4 Å². The van der Waals surface area contributed by atoms with Crippen LogP contribution in [0.1, 0.15) is 31.9 Å². The van der Waals surface area contributed by atoms with Gasteiger partial charge in [0.25, 0.3) is 5.69 Å². The molecule has 0 saturated carbocycles. The van der Waals surface area contributed by atoms with Gasteiger partial charge in [-0.25, -0.2) is 8.42 Å². The molecule has 0 aliphatic rings. The molecule has 0 aromatic heterocycles. The van der Waals surface area contributed by atoms with E-state index in [1.165, 1.54) is 31.2 Å². The highest BCUT2D eigenvalue weighted by molar-refractivity contribution is 7.94. The monoisotopic (exact) mass is 321 g/mol. The summed E-state index contributed by atoms with van der Waals surface area (Å²) in [6, 6.07) is 5.01. The van der Waals surface area contributed by atoms with Gasteiger partial charge in [0, 0.05) is 17.9 Å². The highest BCUT2D eigenvalue weighted by Crippen LogP contribution is 2.40. The minimum Gasteiger partial charge on any atom is -0.385 e. The van der Waals surface area contributed by atoms with E-state index in [2.05, 4.69) is 0 Å². The van der Waals surface area contributed by atoms with E-state index < -0.39 is 25.1 Å². The number of aliphatic hydroxyl groups excluding tert-OH is 1. The van der Waals surface area contributed by atoms with Crippen molar-refractivity contribution >= 4 is 27.1 Å². The smallest absolute Gasteiger partial charge is 0.269 e. The highest BCUT2D eigenvalue weighted by Gasteiger charge is 2.46. The third-order valence-corrected chi connectivity index (χ3v) is 6.69. The molecule has 0 saturated heterocycles. The van der Waals surface area contributed by atoms with E-state index in [0.717, 1.165) is 0 Å². The quantitative estimate of drug-likeness (QED) is 0.493. The second-order valence-corrected chi connectivity index (χ2v) is 7.73. The van der Waals surface area contributed by atoms with Gasteiger partial charge in [-0.3, -0.25) is 10.1 Å². The number of sulfone groups is 1. The van der Waals surface area contributed by atoms with Crippen LogP contribution >= 0.6 is 11.6 Å². The zero-order valence-corrected chi connectivity index (χ0v) is 12.7. The zero-order valence-electron chi connectivity index (χ0n) is 11.1. The van der Waals surface area contributed by atoms with Crippen molar-refractivity contribution in [1.29, 1.82) is 0 Å². The average Bonchev–Trinajstić information content (AvgIpc) is 2.45. The number of aliphatic hydroxyl groups is 1. The molecule has 112 valence electrons. The Morgan fingerprint density at radius 3 is 2.20 bits per heavy atom. The molecule has 20 heavy (non-hydrogen) atoms. The zero-order chi connectivity index (χ0) is 15.6. The van der Waals surface area contributed by atoms with Crippen molar-refractivity contribution < 1.29 is 18.4 Å². The molecule has 0 unspecified atom stereocenters. The van der Waals surface area contributed by atoms with Crippen molar-refractivity contribution in [2.45, 2.75) is 30.6 Å². The normalized spacial score (nSPS) is 16.4. The molecule has 2 atom stereocenters. The molecule has 8 heteroatoms. The maximum atomic E-state index is 12.0. The number of non-ortho nitro benzene ring substituents is 1. The first-order valence-electron chi connectivity index (χ1n) is 6.03. The first-order valence-corrected chi connectivity index (χ1v) is 8.06. The number of halogens is 1. The summed E-state index contributed by atoms with van der Waals surface area (Å²) in [5.41, 5.74) is 0.0837. The Labute approximate surface area is 122 Å². The van der Waals surface area contributed by atoms with E-state index in [9.17, 15) is 23.6 Å². The van der Waals surface area contributed by atoms with Crippen LogP contribution in [0.3, 0.4) is 0 Å². The topological polar surface area (TPSA) is 97.5 Å². The van der Waals surface area contributed by atoms with E-state index in [1.807, 2.05) is 0 Å². The molecule has 0 radical (unpaired) electrons. The number of nitro benzene ring substituents is 1. The fourth-order valence-electron chi connectivity index (χ4n) is 1.85. The van der Waals surface area contributed by atoms with Crippen LogP contribution in [0.5, 0.6) is 0 Å². The number of alkyl halides is 1. The van der Waals surface area contributed by atoms with Crippen LogP contribution in [-0.4, -0.2) is 28.4 Å². The molecule has 0 fully saturated rings. The average molecular weight is 322 g/mol. The predicted molar refractivity (Wildman–Crippen MR) is 76.4 cm³/mol. The van der Waals surface area contributed by atoms with Gasteiger partial charge in [0.15, 0.2) is 14.0 Å². The van der Waals surface area contributed by atoms with Crippen LogP contribution in [0.15, 0.2) is 24.3 Å². The van der Waals surface area contributed by atoms with Gasteiger partial charge in [0.1, 0.15) is 6.10 Å². The third-order valence-electron chi connectivity index (χ3n) is 3.21. The van der Waals surface area contributed by atoms with Crippen molar-refractivity contribution in [3.8, 4) is 0 Å². The molecule has 1 N–H and O–H groups in total. The Balaban J connectivity index is 3.21. The van der Waals surface area contributed by atoms with Crippen molar-refractivity contribution in [3.05, 3.63) is 39.9 Å². The van der Waals surface area contributed by atoms with Gasteiger partial charge in [-0.05, 0) is 24.1 Å². The minimum absolute atomic E-state index is 0.0167. The molecule has 0 aliphatic carbocycles. The minimum atomic E-state index is -3.70. The Morgan fingerprint density at radius 1 is 1.35 bits per heavy atom. The van der Waals surface area contributed by atoms with Crippen LogP contribution in [0.25, 0.3) is 0 Å². The number of nitrogens with zero attached hydrogens (tertiary/aromatic N) is 1. The summed E-state index contributed by atoms with van der Waals surface area (Å²) in [6.45, 7) is 3.01. The third kappa shape index (κ3) is 2.94. The summed E-state index contributed by atoms with van der Waals surface area (Å²) in [7, 11) is -3.70. The standard InChI is InChI=1S/C12H16ClNO5S/c1-3-12(13,20(18,19)4-2)11(15)9-5-7-10(8-6-9)14(16)17/h5-8,11,15H,3-4H2,1-2H3/t11-,12-/m0/s1. The molecular weight excluding hydrogens is 306 g/mol. The lowest BCUT2D eigenvalue weighted by atomic mass is 10.0. The molecule has 1 rings (SSSR count).